The van der Waals surface area contributed by atoms with Crippen molar-refractivity contribution in [3.63, 3.8) is 0 Å². The van der Waals surface area contributed by atoms with E-state index < -0.39 is 34.8 Å². The second-order valence-corrected chi connectivity index (χ2v) is 4.73. The van der Waals surface area contributed by atoms with Crippen LogP contribution in [0.15, 0.2) is 17.2 Å². The van der Waals surface area contributed by atoms with Crippen LogP contribution in [0.5, 0.6) is 0 Å². The molecule has 7 nitrogen and oxygen atoms in total. The van der Waals surface area contributed by atoms with Crippen molar-refractivity contribution in [1.82, 2.24) is 0 Å². The van der Waals surface area contributed by atoms with Gasteiger partial charge in [-0.2, -0.15) is 0 Å². The Bertz CT molecular complexity index is 673. The summed E-state index contributed by atoms with van der Waals surface area (Å²) in [7, 11) is 1.03. The van der Waals surface area contributed by atoms with Gasteiger partial charge in [-0.05, 0) is 23.6 Å². The molecular weight excluding hydrogens is 298 g/mol. The van der Waals surface area contributed by atoms with Crippen LogP contribution < -0.4 is 4.90 Å². The van der Waals surface area contributed by atoms with E-state index in [2.05, 4.69) is 14.8 Å². The molecule has 0 saturated carbocycles. The molecule has 22 heavy (non-hydrogen) atoms. The highest BCUT2D eigenvalue weighted by Gasteiger charge is 2.35. The fourth-order valence-corrected chi connectivity index (χ4v) is 2.37. The third kappa shape index (κ3) is 2.84. The van der Waals surface area contributed by atoms with Gasteiger partial charge in [0.1, 0.15) is 17.2 Å². The van der Waals surface area contributed by atoms with E-state index in [4.69, 9.17) is 5.53 Å². The Morgan fingerprint density at radius 3 is 2.82 bits per heavy atom. The standard InChI is InChI=1S/C13H12F2N4O3/c1-22-13(21)11-8(14)2-3-9(15)12(11)19-6-7(4-10(19)20)5-17-18-16/h2-3,7H,4-6H2,1H3. The number of esters is 1. The number of ether oxygens (including phenoxy) is 1. The molecule has 1 amide bonds. The molecule has 1 unspecified atom stereocenters. The van der Waals surface area contributed by atoms with Crippen LogP contribution in [0.25, 0.3) is 10.4 Å². The van der Waals surface area contributed by atoms with Gasteiger partial charge in [0.15, 0.2) is 0 Å². The van der Waals surface area contributed by atoms with Crippen molar-refractivity contribution in [3.05, 3.63) is 39.8 Å². The van der Waals surface area contributed by atoms with E-state index in [1.165, 1.54) is 0 Å². The molecule has 1 aromatic carbocycles. The van der Waals surface area contributed by atoms with Gasteiger partial charge in [0.25, 0.3) is 0 Å². The SMILES string of the molecule is COC(=O)c1c(F)ccc(F)c1N1CC(CN=[N+]=[N-])CC1=O. The van der Waals surface area contributed by atoms with Crippen molar-refractivity contribution in [2.24, 2.45) is 11.0 Å². The van der Waals surface area contributed by atoms with Gasteiger partial charge >= 0.3 is 5.97 Å². The van der Waals surface area contributed by atoms with Crippen LogP contribution in [0.2, 0.25) is 0 Å². The Labute approximate surface area is 124 Å². The van der Waals surface area contributed by atoms with Crippen LogP contribution >= 0.6 is 0 Å². The van der Waals surface area contributed by atoms with Gasteiger partial charge in [-0.25, -0.2) is 13.6 Å². The molecule has 1 saturated heterocycles. The molecule has 9 heteroatoms. The first-order valence-electron chi connectivity index (χ1n) is 6.37. The first kappa shape index (κ1) is 15.7. The van der Waals surface area contributed by atoms with E-state index in [-0.39, 0.29) is 25.4 Å². The molecule has 0 spiro atoms. The highest BCUT2D eigenvalue weighted by atomic mass is 19.1. The molecule has 0 radical (unpaired) electrons. The van der Waals surface area contributed by atoms with Gasteiger partial charge in [0.05, 0.1) is 12.8 Å². The zero-order valence-electron chi connectivity index (χ0n) is 11.6. The minimum atomic E-state index is -1.07. The summed E-state index contributed by atoms with van der Waals surface area (Å²) in [6.45, 7) is 0.0887. The number of nitrogens with zero attached hydrogens (tertiary/aromatic N) is 4. The highest BCUT2D eigenvalue weighted by Crippen LogP contribution is 2.32. The van der Waals surface area contributed by atoms with Crippen molar-refractivity contribution in [2.75, 3.05) is 25.1 Å². The fraction of sp³-hybridized carbons (Fsp3) is 0.385. The van der Waals surface area contributed by atoms with Crippen LogP contribution in [0, 0.1) is 17.6 Å². The Hall–Kier alpha value is -2.67. The molecule has 0 aromatic heterocycles. The van der Waals surface area contributed by atoms with Crippen LogP contribution in [-0.4, -0.2) is 32.1 Å². The summed E-state index contributed by atoms with van der Waals surface area (Å²) in [5.74, 6) is -3.75. The maximum absolute atomic E-state index is 14.1. The Balaban J connectivity index is 2.44. The monoisotopic (exact) mass is 310 g/mol. The minimum absolute atomic E-state index is 0.0234. The van der Waals surface area contributed by atoms with Gasteiger partial charge in [-0.15, -0.1) is 0 Å². The second-order valence-electron chi connectivity index (χ2n) is 4.73. The lowest BCUT2D eigenvalue weighted by Crippen LogP contribution is -2.28. The number of carbonyl (C=O) groups excluding carboxylic acids is 2. The molecule has 1 aliphatic rings. The normalized spacial score (nSPS) is 17.3. The van der Waals surface area contributed by atoms with Gasteiger partial charge < -0.3 is 9.64 Å². The Kier molecular flexibility index (Phi) is 4.57. The first-order valence-corrected chi connectivity index (χ1v) is 6.37. The molecule has 1 atom stereocenters. The zero-order valence-corrected chi connectivity index (χ0v) is 11.6. The summed E-state index contributed by atoms with van der Waals surface area (Å²) in [6.07, 6.45) is 0.0234. The molecule has 1 aliphatic heterocycles. The predicted octanol–water partition coefficient (Wildman–Crippen LogP) is 2.41. The lowest BCUT2D eigenvalue weighted by molar-refractivity contribution is -0.117. The summed E-state index contributed by atoms with van der Waals surface area (Å²) in [5.41, 5.74) is 7.22. The molecule has 0 bridgehead atoms. The molecule has 2 rings (SSSR count). The van der Waals surface area contributed by atoms with Crippen molar-refractivity contribution < 1.29 is 23.1 Å². The molecule has 0 aliphatic carbocycles. The smallest absolute Gasteiger partial charge is 0.343 e. The molecular formula is C13H12F2N4O3. The van der Waals surface area contributed by atoms with Gasteiger partial charge in [0, 0.05) is 24.4 Å². The third-order valence-electron chi connectivity index (χ3n) is 3.35. The molecule has 0 N–H and O–H groups in total. The summed E-state index contributed by atoms with van der Waals surface area (Å²) >= 11 is 0. The van der Waals surface area contributed by atoms with E-state index in [9.17, 15) is 18.4 Å². The van der Waals surface area contributed by atoms with E-state index in [0.717, 1.165) is 24.1 Å². The van der Waals surface area contributed by atoms with E-state index in [1.54, 1.807) is 0 Å². The number of carbonyl (C=O) groups is 2. The van der Waals surface area contributed by atoms with Crippen molar-refractivity contribution >= 4 is 17.6 Å². The number of hydrogen-bond donors (Lipinski definition) is 0. The van der Waals surface area contributed by atoms with Gasteiger partial charge in [0.2, 0.25) is 5.91 Å². The van der Waals surface area contributed by atoms with Crippen molar-refractivity contribution in [1.29, 1.82) is 0 Å². The largest absolute Gasteiger partial charge is 0.465 e. The number of amides is 1. The van der Waals surface area contributed by atoms with Gasteiger partial charge in [-0.1, -0.05) is 5.11 Å². The number of halogens is 2. The number of hydrogen-bond acceptors (Lipinski definition) is 4. The maximum atomic E-state index is 14.1. The predicted molar refractivity (Wildman–Crippen MR) is 72.2 cm³/mol. The Morgan fingerprint density at radius 2 is 2.18 bits per heavy atom. The minimum Gasteiger partial charge on any atom is -0.465 e. The summed E-state index contributed by atoms with van der Waals surface area (Å²) < 4.78 is 32.4. The molecule has 1 fully saturated rings. The number of anilines is 1. The third-order valence-corrected chi connectivity index (χ3v) is 3.35. The number of rotatable bonds is 4. The topological polar surface area (TPSA) is 95.4 Å². The average molecular weight is 310 g/mol. The van der Waals surface area contributed by atoms with Crippen LogP contribution in [0.1, 0.15) is 16.8 Å². The quantitative estimate of drug-likeness (QED) is 0.370. The zero-order chi connectivity index (χ0) is 16.3. The lowest BCUT2D eigenvalue weighted by Gasteiger charge is -2.20. The van der Waals surface area contributed by atoms with E-state index >= 15 is 0 Å². The summed E-state index contributed by atoms with van der Waals surface area (Å²) in [6, 6.07) is 1.63. The van der Waals surface area contributed by atoms with Crippen LogP contribution in [-0.2, 0) is 9.53 Å². The van der Waals surface area contributed by atoms with E-state index in [1.807, 2.05) is 0 Å². The Morgan fingerprint density at radius 1 is 1.50 bits per heavy atom. The number of azide groups is 1. The van der Waals surface area contributed by atoms with Crippen molar-refractivity contribution in [2.45, 2.75) is 6.42 Å². The number of methoxy groups -OCH3 is 1. The average Bonchev–Trinajstić information content (AvgIpc) is 2.87. The first-order chi connectivity index (χ1) is 10.5. The summed E-state index contributed by atoms with van der Waals surface area (Å²) in [4.78, 5) is 27.3. The van der Waals surface area contributed by atoms with Crippen molar-refractivity contribution in [3.8, 4) is 0 Å². The molecule has 116 valence electrons. The van der Waals surface area contributed by atoms with E-state index in [0.29, 0.717) is 0 Å². The van der Waals surface area contributed by atoms with Gasteiger partial charge in [-0.3, -0.25) is 4.79 Å². The molecule has 1 aromatic rings. The maximum Gasteiger partial charge on any atom is 0.343 e. The lowest BCUT2D eigenvalue weighted by atomic mass is 10.1. The molecule has 1 heterocycles. The highest BCUT2D eigenvalue weighted by molar-refractivity contribution is 6.04. The summed E-state index contributed by atoms with van der Waals surface area (Å²) in [5, 5.41) is 3.37. The second kappa shape index (κ2) is 6.40. The number of benzene rings is 1. The van der Waals surface area contributed by atoms with Crippen LogP contribution in [0.3, 0.4) is 0 Å². The van der Waals surface area contributed by atoms with Crippen LogP contribution in [0.4, 0.5) is 14.5 Å². The fourth-order valence-electron chi connectivity index (χ4n) is 2.37.